The zero-order valence-electron chi connectivity index (χ0n) is 10.3. The normalized spacial score (nSPS) is 11.1. The van der Waals surface area contributed by atoms with Crippen molar-refractivity contribution in [2.45, 2.75) is 13.8 Å². The van der Waals surface area contributed by atoms with Crippen LogP contribution in [-0.2, 0) is 0 Å². The quantitative estimate of drug-likeness (QED) is 0.351. The zero-order valence-corrected chi connectivity index (χ0v) is 10.3. The van der Waals surface area contributed by atoms with Crippen LogP contribution in [0.1, 0.15) is 13.8 Å². The standard InChI is InChI=1S/C10H23N5/c1-10(2)9-15(6-5-12-13-11)8-7-14(3)4/h10H,5-9H2,1-4H3. The Labute approximate surface area is 92.7 Å². The van der Waals surface area contributed by atoms with Crippen LogP contribution < -0.4 is 0 Å². The molecule has 0 aliphatic rings. The summed E-state index contributed by atoms with van der Waals surface area (Å²) in [5.74, 6) is 0.651. The van der Waals surface area contributed by atoms with Crippen molar-refractivity contribution in [2.75, 3.05) is 46.8 Å². The summed E-state index contributed by atoms with van der Waals surface area (Å²) in [6.07, 6.45) is 0. The van der Waals surface area contributed by atoms with E-state index in [1.165, 1.54) is 0 Å². The van der Waals surface area contributed by atoms with Crippen LogP contribution in [0.3, 0.4) is 0 Å². The number of likely N-dealkylation sites (N-methyl/N-ethyl adjacent to an activating group) is 1. The molecular formula is C10H23N5. The van der Waals surface area contributed by atoms with E-state index in [1.54, 1.807) is 0 Å². The van der Waals surface area contributed by atoms with Crippen LogP contribution in [0.2, 0.25) is 0 Å². The second-order valence-corrected chi connectivity index (χ2v) is 4.45. The highest BCUT2D eigenvalue weighted by atomic mass is 15.2. The number of rotatable bonds is 8. The van der Waals surface area contributed by atoms with E-state index in [1.807, 2.05) is 0 Å². The molecule has 0 aliphatic carbocycles. The van der Waals surface area contributed by atoms with Gasteiger partial charge in [0.15, 0.2) is 0 Å². The predicted octanol–water partition coefficient (Wildman–Crippen LogP) is 1.82. The van der Waals surface area contributed by atoms with Gasteiger partial charge < -0.3 is 9.80 Å². The van der Waals surface area contributed by atoms with E-state index in [9.17, 15) is 0 Å². The van der Waals surface area contributed by atoms with Crippen LogP contribution >= 0.6 is 0 Å². The summed E-state index contributed by atoms with van der Waals surface area (Å²) in [6, 6.07) is 0. The van der Waals surface area contributed by atoms with E-state index < -0.39 is 0 Å². The molecule has 0 aromatic carbocycles. The van der Waals surface area contributed by atoms with E-state index >= 15 is 0 Å². The molecule has 0 rings (SSSR count). The maximum atomic E-state index is 8.21. The second kappa shape index (κ2) is 8.53. The largest absolute Gasteiger partial charge is 0.308 e. The topological polar surface area (TPSA) is 55.2 Å². The molecule has 0 saturated heterocycles. The fraction of sp³-hybridized carbons (Fsp3) is 1.00. The molecule has 0 atom stereocenters. The summed E-state index contributed by atoms with van der Waals surface area (Å²) in [7, 11) is 4.14. The summed E-state index contributed by atoms with van der Waals surface area (Å²) in [5, 5.41) is 3.57. The third-order valence-electron chi connectivity index (χ3n) is 2.07. The highest BCUT2D eigenvalue weighted by molar-refractivity contribution is 4.63. The molecular weight excluding hydrogens is 190 g/mol. The molecule has 0 spiro atoms. The predicted molar refractivity (Wildman–Crippen MR) is 63.8 cm³/mol. The molecule has 0 unspecified atom stereocenters. The Balaban J connectivity index is 3.88. The minimum atomic E-state index is 0.566. The van der Waals surface area contributed by atoms with Crippen molar-refractivity contribution in [3.63, 3.8) is 0 Å². The Morgan fingerprint density at radius 2 is 1.87 bits per heavy atom. The smallest absolute Gasteiger partial charge is 0.0385 e. The summed E-state index contributed by atoms with van der Waals surface area (Å²) in [6.45, 7) is 8.98. The number of azide groups is 1. The van der Waals surface area contributed by atoms with Gasteiger partial charge in [-0.15, -0.1) is 0 Å². The SMILES string of the molecule is CC(C)CN(CCN=[N+]=[N-])CCN(C)C. The molecule has 0 fully saturated rings. The summed E-state index contributed by atoms with van der Waals surface area (Å²) < 4.78 is 0. The highest BCUT2D eigenvalue weighted by Crippen LogP contribution is 1.98. The van der Waals surface area contributed by atoms with Crippen LogP contribution in [0, 0.1) is 5.92 Å². The minimum Gasteiger partial charge on any atom is -0.308 e. The van der Waals surface area contributed by atoms with Gasteiger partial charge in [-0.3, -0.25) is 0 Å². The van der Waals surface area contributed by atoms with Gasteiger partial charge in [0, 0.05) is 37.6 Å². The van der Waals surface area contributed by atoms with Gasteiger partial charge in [0.05, 0.1) is 0 Å². The van der Waals surface area contributed by atoms with Gasteiger partial charge in [0.25, 0.3) is 0 Å². The first-order valence-corrected chi connectivity index (χ1v) is 5.44. The van der Waals surface area contributed by atoms with Crippen molar-refractivity contribution in [2.24, 2.45) is 11.0 Å². The second-order valence-electron chi connectivity index (χ2n) is 4.45. The molecule has 5 heteroatoms. The molecule has 15 heavy (non-hydrogen) atoms. The Morgan fingerprint density at radius 1 is 1.20 bits per heavy atom. The van der Waals surface area contributed by atoms with E-state index in [0.29, 0.717) is 12.5 Å². The zero-order chi connectivity index (χ0) is 11.7. The molecule has 88 valence electrons. The van der Waals surface area contributed by atoms with Gasteiger partial charge in [0.1, 0.15) is 0 Å². The van der Waals surface area contributed by atoms with Crippen molar-refractivity contribution >= 4 is 0 Å². The Morgan fingerprint density at radius 3 is 2.33 bits per heavy atom. The van der Waals surface area contributed by atoms with E-state index in [4.69, 9.17) is 5.53 Å². The molecule has 0 aromatic rings. The molecule has 0 heterocycles. The van der Waals surface area contributed by atoms with Crippen molar-refractivity contribution < 1.29 is 0 Å². The van der Waals surface area contributed by atoms with Crippen molar-refractivity contribution in [3.8, 4) is 0 Å². The lowest BCUT2D eigenvalue weighted by Crippen LogP contribution is -2.35. The molecule has 0 aliphatic heterocycles. The van der Waals surface area contributed by atoms with Gasteiger partial charge in [0.2, 0.25) is 0 Å². The van der Waals surface area contributed by atoms with E-state index in [-0.39, 0.29) is 0 Å². The lowest BCUT2D eigenvalue weighted by Gasteiger charge is -2.25. The van der Waals surface area contributed by atoms with Gasteiger partial charge in [-0.25, -0.2) is 0 Å². The van der Waals surface area contributed by atoms with Crippen LogP contribution in [0.15, 0.2) is 5.11 Å². The maximum absolute atomic E-state index is 8.21. The Hall–Kier alpha value is -0.770. The van der Waals surface area contributed by atoms with E-state index in [2.05, 4.69) is 47.8 Å². The highest BCUT2D eigenvalue weighted by Gasteiger charge is 2.06. The summed E-state index contributed by atoms with van der Waals surface area (Å²) in [5.41, 5.74) is 8.21. The third kappa shape index (κ3) is 9.53. The lowest BCUT2D eigenvalue weighted by atomic mass is 10.2. The summed E-state index contributed by atoms with van der Waals surface area (Å²) >= 11 is 0. The summed E-state index contributed by atoms with van der Waals surface area (Å²) in [4.78, 5) is 7.28. The fourth-order valence-corrected chi connectivity index (χ4v) is 1.38. The van der Waals surface area contributed by atoms with Gasteiger partial charge in [-0.05, 0) is 25.5 Å². The third-order valence-corrected chi connectivity index (χ3v) is 2.07. The van der Waals surface area contributed by atoms with Crippen LogP contribution in [0.4, 0.5) is 0 Å². The first-order valence-electron chi connectivity index (χ1n) is 5.44. The first kappa shape index (κ1) is 14.2. The van der Waals surface area contributed by atoms with Gasteiger partial charge in [-0.2, -0.15) is 0 Å². The Kier molecular flexibility index (Phi) is 8.09. The average Bonchev–Trinajstić information content (AvgIpc) is 2.13. The van der Waals surface area contributed by atoms with Crippen LogP contribution in [0.25, 0.3) is 10.4 Å². The fourth-order valence-electron chi connectivity index (χ4n) is 1.38. The van der Waals surface area contributed by atoms with Crippen molar-refractivity contribution in [3.05, 3.63) is 10.4 Å². The van der Waals surface area contributed by atoms with Crippen LogP contribution in [-0.4, -0.2) is 56.6 Å². The number of nitrogens with zero attached hydrogens (tertiary/aromatic N) is 5. The first-order chi connectivity index (χ1) is 7.06. The molecule has 0 N–H and O–H groups in total. The molecule has 0 aromatic heterocycles. The molecule has 0 radical (unpaired) electrons. The lowest BCUT2D eigenvalue weighted by molar-refractivity contribution is 0.224. The van der Waals surface area contributed by atoms with Gasteiger partial charge in [-0.1, -0.05) is 19.0 Å². The molecule has 0 saturated carbocycles. The maximum Gasteiger partial charge on any atom is 0.0385 e. The number of hydrogen-bond donors (Lipinski definition) is 0. The monoisotopic (exact) mass is 213 g/mol. The van der Waals surface area contributed by atoms with Crippen LogP contribution in [0.5, 0.6) is 0 Å². The average molecular weight is 213 g/mol. The molecule has 0 bridgehead atoms. The van der Waals surface area contributed by atoms with Crippen molar-refractivity contribution in [1.82, 2.24) is 9.80 Å². The van der Waals surface area contributed by atoms with Crippen molar-refractivity contribution in [1.29, 1.82) is 0 Å². The number of hydrogen-bond acceptors (Lipinski definition) is 3. The molecule has 5 nitrogen and oxygen atoms in total. The van der Waals surface area contributed by atoms with Gasteiger partial charge >= 0.3 is 0 Å². The minimum absolute atomic E-state index is 0.566. The van der Waals surface area contributed by atoms with E-state index in [0.717, 1.165) is 26.2 Å². The molecule has 0 amide bonds. The Bertz CT molecular complexity index is 196.